The molecule has 4 rings (SSSR count). The van der Waals surface area contributed by atoms with Gasteiger partial charge in [0, 0.05) is 17.6 Å². The molecule has 27 heavy (non-hydrogen) atoms. The highest BCUT2D eigenvalue weighted by Gasteiger charge is 2.38. The van der Waals surface area contributed by atoms with Crippen molar-refractivity contribution in [3.63, 3.8) is 0 Å². The first-order valence-electron chi connectivity index (χ1n) is 9.79. The molecule has 2 aromatic rings. The quantitative estimate of drug-likeness (QED) is 0.703. The van der Waals surface area contributed by atoms with E-state index in [1.165, 1.54) is 50.8 Å². The SMILES string of the molecule is O=C(Nc1c[nH]c2ncc(F)cc12)C(=O)N[C@H]1CCCC2(CCCCC2)C1. The number of hydrogen-bond donors (Lipinski definition) is 3. The van der Waals surface area contributed by atoms with E-state index >= 15 is 0 Å². The molecular weight excluding hydrogens is 347 g/mol. The summed E-state index contributed by atoms with van der Waals surface area (Å²) in [7, 11) is 0. The van der Waals surface area contributed by atoms with Crippen LogP contribution in [0.5, 0.6) is 0 Å². The van der Waals surface area contributed by atoms with Gasteiger partial charge in [-0.05, 0) is 43.6 Å². The number of nitrogens with zero attached hydrogens (tertiary/aromatic N) is 1. The van der Waals surface area contributed by atoms with Crippen LogP contribution in [0.15, 0.2) is 18.5 Å². The maximum absolute atomic E-state index is 13.4. The topological polar surface area (TPSA) is 86.9 Å². The molecule has 2 heterocycles. The Bertz CT molecular complexity index is 851. The highest BCUT2D eigenvalue weighted by molar-refractivity contribution is 6.40. The third-order valence-corrected chi connectivity index (χ3v) is 6.14. The summed E-state index contributed by atoms with van der Waals surface area (Å²) in [4.78, 5) is 31.5. The first kappa shape index (κ1) is 17.9. The zero-order valence-corrected chi connectivity index (χ0v) is 15.3. The van der Waals surface area contributed by atoms with Crippen molar-refractivity contribution in [2.24, 2.45) is 5.41 Å². The highest BCUT2D eigenvalue weighted by Crippen LogP contribution is 2.47. The van der Waals surface area contributed by atoms with Crippen LogP contribution < -0.4 is 10.6 Å². The van der Waals surface area contributed by atoms with Crippen LogP contribution in [0.25, 0.3) is 11.0 Å². The lowest BCUT2D eigenvalue weighted by molar-refractivity contribution is -0.137. The van der Waals surface area contributed by atoms with Gasteiger partial charge in [0.2, 0.25) is 0 Å². The van der Waals surface area contributed by atoms with Crippen molar-refractivity contribution in [1.82, 2.24) is 15.3 Å². The van der Waals surface area contributed by atoms with Gasteiger partial charge in [0.1, 0.15) is 11.5 Å². The van der Waals surface area contributed by atoms with Crippen LogP contribution in [0.3, 0.4) is 0 Å². The molecule has 0 radical (unpaired) electrons. The molecule has 2 aromatic heterocycles. The largest absolute Gasteiger partial charge is 0.345 e. The molecule has 0 unspecified atom stereocenters. The molecule has 2 aliphatic carbocycles. The van der Waals surface area contributed by atoms with E-state index in [4.69, 9.17) is 0 Å². The number of H-pyrrole nitrogens is 1. The molecular formula is C20H25FN4O2. The summed E-state index contributed by atoms with van der Waals surface area (Å²) < 4.78 is 13.4. The fourth-order valence-corrected chi connectivity index (χ4v) is 4.84. The Kier molecular flexibility index (Phi) is 4.85. The summed E-state index contributed by atoms with van der Waals surface area (Å²) in [5.41, 5.74) is 1.16. The van der Waals surface area contributed by atoms with Crippen LogP contribution in [0.1, 0.15) is 57.8 Å². The minimum Gasteiger partial charge on any atom is -0.345 e. The first-order valence-corrected chi connectivity index (χ1v) is 9.79. The average Bonchev–Trinajstić information content (AvgIpc) is 3.04. The lowest BCUT2D eigenvalue weighted by Gasteiger charge is -2.43. The van der Waals surface area contributed by atoms with Gasteiger partial charge in [0.25, 0.3) is 0 Å². The van der Waals surface area contributed by atoms with E-state index in [-0.39, 0.29) is 6.04 Å². The molecule has 2 fully saturated rings. The summed E-state index contributed by atoms with van der Waals surface area (Å²) in [6, 6.07) is 1.33. The molecule has 0 saturated heterocycles. The van der Waals surface area contributed by atoms with Crippen molar-refractivity contribution in [2.45, 2.75) is 63.8 Å². The maximum atomic E-state index is 13.4. The van der Waals surface area contributed by atoms with E-state index in [2.05, 4.69) is 20.6 Å². The number of nitrogens with one attached hydrogen (secondary N) is 3. The van der Waals surface area contributed by atoms with Gasteiger partial charge >= 0.3 is 11.8 Å². The van der Waals surface area contributed by atoms with Crippen molar-refractivity contribution < 1.29 is 14.0 Å². The van der Waals surface area contributed by atoms with E-state index < -0.39 is 17.6 Å². The van der Waals surface area contributed by atoms with Crippen LogP contribution in [0.4, 0.5) is 10.1 Å². The molecule has 6 nitrogen and oxygen atoms in total. The van der Waals surface area contributed by atoms with Crippen LogP contribution in [-0.4, -0.2) is 27.8 Å². The van der Waals surface area contributed by atoms with Crippen molar-refractivity contribution in [3.8, 4) is 0 Å². The fraction of sp³-hybridized carbons (Fsp3) is 0.550. The molecule has 1 spiro atoms. The zero-order chi connectivity index (χ0) is 18.9. The minimum atomic E-state index is -0.733. The predicted octanol–water partition coefficient (Wildman–Crippen LogP) is 3.65. The molecule has 2 aliphatic rings. The number of carbonyl (C=O) groups excluding carboxylic acids is 2. The molecule has 3 N–H and O–H groups in total. The van der Waals surface area contributed by atoms with Gasteiger partial charge in [0.05, 0.1) is 11.9 Å². The second kappa shape index (κ2) is 7.29. The van der Waals surface area contributed by atoms with Crippen LogP contribution >= 0.6 is 0 Å². The third kappa shape index (κ3) is 3.82. The molecule has 144 valence electrons. The zero-order valence-electron chi connectivity index (χ0n) is 15.3. The molecule has 2 saturated carbocycles. The van der Waals surface area contributed by atoms with Crippen molar-refractivity contribution in [1.29, 1.82) is 0 Å². The second-order valence-corrected chi connectivity index (χ2v) is 8.03. The van der Waals surface area contributed by atoms with Gasteiger partial charge in [-0.1, -0.05) is 25.7 Å². The molecule has 7 heteroatoms. The van der Waals surface area contributed by atoms with Crippen LogP contribution in [0.2, 0.25) is 0 Å². The molecule has 0 bridgehead atoms. The van der Waals surface area contributed by atoms with Gasteiger partial charge in [-0.3, -0.25) is 9.59 Å². The monoisotopic (exact) mass is 372 g/mol. The number of fused-ring (bicyclic) bond motifs is 1. The van der Waals surface area contributed by atoms with Crippen LogP contribution in [-0.2, 0) is 9.59 Å². The van der Waals surface area contributed by atoms with Gasteiger partial charge in [-0.25, -0.2) is 9.37 Å². The number of aromatic amines is 1. The number of hydrogen-bond acceptors (Lipinski definition) is 3. The van der Waals surface area contributed by atoms with E-state index in [0.717, 1.165) is 25.5 Å². The molecule has 2 amide bonds. The van der Waals surface area contributed by atoms with Crippen molar-refractivity contribution in [2.75, 3.05) is 5.32 Å². The van der Waals surface area contributed by atoms with Crippen molar-refractivity contribution >= 4 is 28.5 Å². The summed E-state index contributed by atoms with van der Waals surface area (Å²) in [5.74, 6) is -1.86. The summed E-state index contributed by atoms with van der Waals surface area (Å²) in [5, 5.41) is 5.91. The number of anilines is 1. The average molecular weight is 372 g/mol. The Morgan fingerprint density at radius 1 is 1.15 bits per heavy atom. The number of carbonyl (C=O) groups is 2. The Labute approximate surface area is 157 Å². The summed E-state index contributed by atoms with van der Waals surface area (Å²) in [6.07, 6.45) is 13.1. The lowest BCUT2D eigenvalue weighted by Crippen LogP contribution is -2.46. The van der Waals surface area contributed by atoms with Gasteiger partial charge in [0.15, 0.2) is 0 Å². The van der Waals surface area contributed by atoms with E-state index in [0.29, 0.717) is 22.1 Å². The van der Waals surface area contributed by atoms with E-state index in [1.807, 2.05) is 0 Å². The van der Waals surface area contributed by atoms with Crippen LogP contribution in [0, 0.1) is 11.2 Å². The predicted molar refractivity (Wildman–Crippen MR) is 101 cm³/mol. The number of rotatable bonds is 2. The van der Waals surface area contributed by atoms with E-state index in [9.17, 15) is 14.0 Å². The normalized spacial score (nSPS) is 21.9. The number of amides is 2. The number of halogens is 1. The number of aromatic nitrogens is 2. The Morgan fingerprint density at radius 2 is 1.93 bits per heavy atom. The Balaban J connectivity index is 1.39. The lowest BCUT2D eigenvalue weighted by atomic mass is 9.64. The summed E-state index contributed by atoms with van der Waals surface area (Å²) in [6.45, 7) is 0. The van der Waals surface area contributed by atoms with E-state index in [1.54, 1.807) is 0 Å². The minimum absolute atomic E-state index is 0.0529. The van der Waals surface area contributed by atoms with Gasteiger partial charge < -0.3 is 15.6 Å². The second-order valence-electron chi connectivity index (χ2n) is 8.03. The number of pyridine rings is 1. The third-order valence-electron chi connectivity index (χ3n) is 6.14. The Morgan fingerprint density at radius 3 is 2.74 bits per heavy atom. The summed E-state index contributed by atoms with van der Waals surface area (Å²) >= 11 is 0. The standard InChI is InChI=1S/C20H25FN4O2/c21-13-9-15-16(12-23-17(15)22-11-13)25-19(27)18(26)24-14-5-4-8-20(10-14)6-2-1-3-7-20/h9,11-12,14H,1-8,10H2,(H,22,23)(H,24,26)(H,25,27)/t14-/m0/s1. The highest BCUT2D eigenvalue weighted by atomic mass is 19.1. The smallest absolute Gasteiger partial charge is 0.313 e. The first-order chi connectivity index (χ1) is 13.0. The van der Waals surface area contributed by atoms with Crippen molar-refractivity contribution in [3.05, 3.63) is 24.3 Å². The fourth-order valence-electron chi connectivity index (χ4n) is 4.84. The maximum Gasteiger partial charge on any atom is 0.313 e. The Hall–Kier alpha value is -2.44. The van der Waals surface area contributed by atoms with Gasteiger partial charge in [-0.15, -0.1) is 0 Å². The molecule has 0 aromatic carbocycles. The molecule has 1 atom stereocenters. The molecule has 0 aliphatic heterocycles. The van der Waals surface area contributed by atoms with Gasteiger partial charge in [-0.2, -0.15) is 0 Å².